The standard InChI is InChI=1S/C9H13N3O4/c1-5-10-11-8(16-5)4-12-3-6(13)2-7(12)9(14)15/h6-7,13H,2-4H2,1H3,(H,14,15). The first-order valence-corrected chi connectivity index (χ1v) is 5.00. The molecule has 0 spiro atoms. The van der Waals surface area contributed by atoms with Gasteiger partial charge in [0.25, 0.3) is 0 Å². The van der Waals surface area contributed by atoms with Gasteiger partial charge in [-0.25, -0.2) is 0 Å². The Kier molecular flexibility index (Phi) is 2.88. The van der Waals surface area contributed by atoms with Crippen molar-refractivity contribution < 1.29 is 19.4 Å². The maximum atomic E-state index is 10.9. The third kappa shape index (κ3) is 2.20. The third-order valence-corrected chi connectivity index (χ3v) is 2.57. The molecular formula is C9H13N3O4. The third-order valence-electron chi connectivity index (χ3n) is 2.57. The fourth-order valence-corrected chi connectivity index (χ4v) is 1.89. The summed E-state index contributed by atoms with van der Waals surface area (Å²) in [6.45, 7) is 2.25. The van der Waals surface area contributed by atoms with Crippen LogP contribution in [0.25, 0.3) is 0 Å². The zero-order valence-electron chi connectivity index (χ0n) is 8.83. The molecule has 0 aliphatic carbocycles. The largest absolute Gasteiger partial charge is 0.480 e. The Labute approximate surface area is 91.7 Å². The molecule has 2 N–H and O–H groups in total. The number of β-amino-alcohol motifs (C(OH)–C–C–N with tert-alkyl or cyclic N) is 1. The van der Waals surface area contributed by atoms with Crippen LogP contribution in [-0.4, -0.2) is 50.0 Å². The summed E-state index contributed by atoms with van der Waals surface area (Å²) in [6.07, 6.45) is -0.368. The van der Waals surface area contributed by atoms with E-state index in [-0.39, 0.29) is 13.0 Å². The van der Waals surface area contributed by atoms with E-state index in [1.807, 2.05) is 0 Å². The van der Waals surface area contributed by atoms with Gasteiger partial charge in [-0.3, -0.25) is 9.69 Å². The minimum atomic E-state index is -0.937. The predicted octanol–water partition coefficient (Wildman–Crippen LogP) is -0.602. The SMILES string of the molecule is Cc1nnc(CN2CC(O)CC2C(=O)O)o1. The molecular weight excluding hydrogens is 214 g/mol. The Balaban J connectivity index is 2.05. The zero-order valence-corrected chi connectivity index (χ0v) is 8.83. The van der Waals surface area contributed by atoms with Gasteiger partial charge in [0.2, 0.25) is 11.8 Å². The summed E-state index contributed by atoms with van der Waals surface area (Å²) in [4.78, 5) is 12.6. The minimum Gasteiger partial charge on any atom is -0.480 e. The number of aromatic nitrogens is 2. The van der Waals surface area contributed by atoms with E-state index in [0.717, 1.165) is 0 Å². The molecule has 0 saturated carbocycles. The molecule has 0 bridgehead atoms. The Morgan fingerprint density at radius 3 is 2.94 bits per heavy atom. The number of aliphatic hydroxyl groups excluding tert-OH is 1. The van der Waals surface area contributed by atoms with Crippen molar-refractivity contribution in [2.24, 2.45) is 0 Å². The first-order valence-electron chi connectivity index (χ1n) is 5.00. The van der Waals surface area contributed by atoms with E-state index >= 15 is 0 Å². The number of carboxylic acid groups (broad SMARTS) is 1. The molecule has 1 aromatic heterocycles. The highest BCUT2D eigenvalue weighted by Gasteiger charge is 2.36. The number of aliphatic hydroxyl groups is 1. The summed E-state index contributed by atoms with van der Waals surface area (Å²) in [5, 5.41) is 25.9. The van der Waals surface area contributed by atoms with Crippen LogP contribution in [0.1, 0.15) is 18.2 Å². The number of likely N-dealkylation sites (tertiary alicyclic amines) is 1. The Morgan fingerprint density at radius 1 is 1.62 bits per heavy atom. The quantitative estimate of drug-likeness (QED) is 0.711. The van der Waals surface area contributed by atoms with Gasteiger partial charge in [-0.15, -0.1) is 10.2 Å². The molecule has 7 heteroatoms. The Hall–Kier alpha value is -1.47. The van der Waals surface area contributed by atoms with Gasteiger partial charge in [-0.1, -0.05) is 0 Å². The maximum absolute atomic E-state index is 10.9. The van der Waals surface area contributed by atoms with Crippen LogP contribution in [0.5, 0.6) is 0 Å². The molecule has 1 aromatic rings. The first-order chi connectivity index (χ1) is 7.56. The van der Waals surface area contributed by atoms with Crippen molar-refractivity contribution in [2.45, 2.75) is 32.0 Å². The average molecular weight is 227 g/mol. The first kappa shape index (κ1) is 11.0. The van der Waals surface area contributed by atoms with E-state index < -0.39 is 18.1 Å². The van der Waals surface area contributed by atoms with Crippen LogP contribution in [-0.2, 0) is 11.3 Å². The number of hydrogen-bond acceptors (Lipinski definition) is 6. The lowest BCUT2D eigenvalue weighted by molar-refractivity contribution is -0.142. The maximum Gasteiger partial charge on any atom is 0.321 e. The van der Waals surface area contributed by atoms with Crippen molar-refractivity contribution in [1.82, 2.24) is 15.1 Å². The number of aryl methyl sites for hydroxylation is 1. The molecule has 2 unspecified atom stereocenters. The molecule has 1 aliphatic heterocycles. The van der Waals surface area contributed by atoms with Crippen molar-refractivity contribution >= 4 is 5.97 Å². The fraction of sp³-hybridized carbons (Fsp3) is 0.667. The van der Waals surface area contributed by atoms with Crippen molar-refractivity contribution in [2.75, 3.05) is 6.54 Å². The summed E-state index contributed by atoms with van der Waals surface area (Å²) in [5.41, 5.74) is 0. The number of nitrogens with zero attached hydrogens (tertiary/aromatic N) is 3. The van der Waals surface area contributed by atoms with Crippen LogP contribution >= 0.6 is 0 Å². The Morgan fingerprint density at radius 2 is 2.38 bits per heavy atom. The second-order valence-corrected chi connectivity index (χ2v) is 3.89. The molecule has 2 atom stereocenters. The lowest BCUT2D eigenvalue weighted by Crippen LogP contribution is -2.35. The second kappa shape index (κ2) is 4.18. The molecule has 1 aliphatic rings. The van der Waals surface area contributed by atoms with Crippen LogP contribution in [0.3, 0.4) is 0 Å². The molecule has 2 heterocycles. The van der Waals surface area contributed by atoms with Crippen molar-refractivity contribution in [1.29, 1.82) is 0 Å². The predicted molar refractivity (Wildman–Crippen MR) is 51.5 cm³/mol. The van der Waals surface area contributed by atoms with Crippen LogP contribution in [0, 0.1) is 6.92 Å². The van der Waals surface area contributed by atoms with E-state index in [9.17, 15) is 9.90 Å². The molecule has 7 nitrogen and oxygen atoms in total. The van der Waals surface area contributed by atoms with Gasteiger partial charge in [-0.2, -0.15) is 0 Å². The molecule has 1 saturated heterocycles. The monoisotopic (exact) mass is 227 g/mol. The van der Waals surface area contributed by atoms with E-state index in [0.29, 0.717) is 18.3 Å². The van der Waals surface area contributed by atoms with Gasteiger partial charge in [0.05, 0.1) is 12.6 Å². The normalized spacial score (nSPS) is 26.1. The van der Waals surface area contributed by atoms with Gasteiger partial charge < -0.3 is 14.6 Å². The van der Waals surface area contributed by atoms with E-state index in [1.165, 1.54) is 0 Å². The van der Waals surface area contributed by atoms with Crippen molar-refractivity contribution in [3.8, 4) is 0 Å². The second-order valence-electron chi connectivity index (χ2n) is 3.89. The van der Waals surface area contributed by atoms with Gasteiger partial charge in [-0.05, 0) is 0 Å². The zero-order chi connectivity index (χ0) is 11.7. The van der Waals surface area contributed by atoms with Crippen molar-refractivity contribution in [3.05, 3.63) is 11.8 Å². The molecule has 0 amide bonds. The van der Waals surface area contributed by atoms with Crippen molar-refractivity contribution in [3.63, 3.8) is 0 Å². The summed E-state index contributed by atoms with van der Waals surface area (Å²) < 4.78 is 5.17. The number of rotatable bonds is 3. The topological polar surface area (TPSA) is 99.7 Å². The van der Waals surface area contributed by atoms with E-state index in [1.54, 1.807) is 11.8 Å². The van der Waals surface area contributed by atoms with Gasteiger partial charge in [0.1, 0.15) is 6.04 Å². The molecule has 16 heavy (non-hydrogen) atoms. The molecule has 2 rings (SSSR count). The van der Waals surface area contributed by atoms with Gasteiger partial charge in [0, 0.05) is 19.9 Å². The highest BCUT2D eigenvalue weighted by molar-refractivity contribution is 5.73. The van der Waals surface area contributed by atoms with Gasteiger partial charge >= 0.3 is 5.97 Å². The number of hydrogen-bond donors (Lipinski definition) is 2. The highest BCUT2D eigenvalue weighted by Crippen LogP contribution is 2.20. The smallest absolute Gasteiger partial charge is 0.321 e. The van der Waals surface area contributed by atoms with Gasteiger partial charge in [0.15, 0.2) is 0 Å². The van der Waals surface area contributed by atoms with Crippen LogP contribution in [0.15, 0.2) is 4.42 Å². The van der Waals surface area contributed by atoms with E-state index in [2.05, 4.69) is 10.2 Å². The van der Waals surface area contributed by atoms with Crippen LogP contribution in [0.2, 0.25) is 0 Å². The molecule has 88 valence electrons. The van der Waals surface area contributed by atoms with E-state index in [4.69, 9.17) is 9.52 Å². The molecule has 0 radical (unpaired) electrons. The van der Waals surface area contributed by atoms with Crippen LogP contribution in [0.4, 0.5) is 0 Å². The molecule has 0 aromatic carbocycles. The lowest BCUT2D eigenvalue weighted by atomic mass is 10.2. The minimum absolute atomic E-state index is 0.239. The summed E-state index contributed by atoms with van der Waals surface area (Å²) in [5.74, 6) is -0.118. The highest BCUT2D eigenvalue weighted by atomic mass is 16.4. The summed E-state index contributed by atoms with van der Waals surface area (Å²) in [7, 11) is 0. The molecule has 1 fully saturated rings. The summed E-state index contributed by atoms with van der Waals surface area (Å²) >= 11 is 0. The lowest BCUT2D eigenvalue weighted by Gasteiger charge is -2.17. The fourth-order valence-electron chi connectivity index (χ4n) is 1.89. The number of carboxylic acids is 1. The Bertz CT molecular complexity index is 392. The average Bonchev–Trinajstić information content (AvgIpc) is 2.74. The van der Waals surface area contributed by atoms with Crippen LogP contribution < -0.4 is 0 Å². The summed E-state index contributed by atoms with van der Waals surface area (Å²) in [6, 6.07) is -0.679. The number of aliphatic carboxylic acids is 1. The number of carbonyl (C=O) groups is 1.